The lowest BCUT2D eigenvalue weighted by Gasteiger charge is -2.21. The highest BCUT2D eigenvalue weighted by molar-refractivity contribution is 5.71. The first-order valence-corrected chi connectivity index (χ1v) is 10.2. The van der Waals surface area contributed by atoms with Crippen molar-refractivity contribution in [3.63, 3.8) is 0 Å². The second kappa shape index (κ2) is 7.82. The molecule has 7 nitrogen and oxygen atoms in total. The second-order valence-corrected chi connectivity index (χ2v) is 8.14. The number of pyridine rings is 1. The van der Waals surface area contributed by atoms with Crippen molar-refractivity contribution in [1.82, 2.24) is 24.7 Å². The number of halogens is 5. The average molecular weight is 454 g/mol. The highest BCUT2D eigenvalue weighted by atomic mass is 19.4. The molecule has 2 aliphatic rings. The molecule has 2 atom stereocenters. The molecule has 0 aromatic carbocycles. The molecular formula is C20H19F5N6O. The first kappa shape index (κ1) is 20.8. The van der Waals surface area contributed by atoms with Crippen LogP contribution in [-0.2, 0) is 12.7 Å². The van der Waals surface area contributed by atoms with Crippen LogP contribution in [0, 0.1) is 11.8 Å². The predicted molar refractivity (Wildman–Crippen MR) is 103 cm³/mol. The minimum absolute atomic E-state index is 0.231. The van der Waals surface area contributed by atoms with Crippen molar-refractivity contribution in [2.24, 2.45) is 11.8 Å². The summed E-state index contributed by atoms with van der Waals surface area (Å²) >= 11 is 0. The van der Waals surface area contributed by atoms with Gasteiger partial charge in [0.15, 0.2) is 17.1 Å². The van der Waals surface area contributed by atoms with E-state index in [1.165, 1.54) is 18.3 Å². The molecule has 3 aromatic rings. The zero-order valence-electron chi connectivity index (χ0n) is 16.7. The van der Waals surface area contributed by atoms with Crippen molar-refractivity contribution in [3.05, 3.63) is 36.4 Å². The van der Waals surface area contributed by atoms with Crippen molar-refractivity contribution in [3.8, 4) is 5.75 Å². The molecule has 1 saturated heterocycles. The molecule has 0 bridgehead atoms. The van der Waals surface area contributed by atoms with Gasteiger partial charge < -0.3 is 9.64 Å². The van der Waals surface area contributed by atoms with Crippen molar-refractivity contribution >= 4 is 17.0 Å². The Balaban J connectivity index is 1.27. The van der Waals surface area contributed by atoms with Gasteiger partial charge in [-0.25, -0.2) is 28.4 Å². The largest absolute Gasteiger partial charge is 0.488 e. The maximum atomic E-state index is 13.2. The van der Waals surface area contributed by atoms with Gasteiger partial charge in [-0.05, 0) is 36.8 Å². The third-order valence-electron chi connectivity index (χ3n) is 6.01. The molecule has 0 N–H and O–H groups in total. The normalized spacial score (nSPS) is 23.3. The van der Waals surface area contributed by atoms with Crippen LogP contribution in [0.15, 0.2) is 30.7 Å². The van der Waals surface area contributed by atoms with Gasteiger partial charge in [0.25, 0.3) is 6.43 Å². The summed E-state index contributed by atoms with van der Waals surface area (Å²) in [6.45, 7) is 0.736. The number of rotatable bonds is 5. The minimum atomic E-state index is -4.57. The fourth-order valence-corrected chi connectivity index (χ4v) is 4.66. The van der Waals surface area contributed by atoms with Crippen LogP contribution in [0.2, 0.25) is 0 Å². The SMILES string of the molecule is FC(F)Cn1ncc2ncc(N3CC4CC(Oc5cccnc5C(F)(F)F)CC4C3)nc21. The lowest BCUT2D eigenvalue weighted by Crippen LogP contribution is -2.25. The fraction of sp³-hybridized carbons (Fsp3) is 0.500. The molecule has 1 aliphatic carbocycles. The van der Waals surface area contributed by atoms with Gasteiger partial charge in [0.05, 0.1) is 18.5 Å². The predicted octanol–water partition coefficient (Wildman–Crippen LogP) is 3.80. The van der Waals surface area contributed by atoms with Crippen molar-refractivity contribution in [2.45, 2.75) is 38.1 Å². The number of fused-ring (bicyclic) bond motifs is 2. The van der Waals surface area contributed by atoms with Gasteiger partial charge in [-0.15, -0.1) is 0 Å². The van der Waals surface area contributed by atoms with E-state index in [-0.39, 0.29) is 23.7 Å². The average Bonchev–Trinajstić information content (AvgIpc) is 3.40. The molecule has 0 radical (unpaired) electrons. The molecule has 4 heterocycles. The summed E-state index contributed by atoms with van der Waals surface area (Å²) in [6.07, 6.45) is -2.11. The van der Waals surface area contributed by atoms with Crippen molar-refractivity contribution < 1.29 is 26.7 Å². The van der Waals surface area contributed by atoms with E-state index in [4.69, 9.17) is 4.74 Å². The summed E-state index contributed by atoms with van der Waals surface area (Å²) in [5.41, 5.74) is -0.265. The summed E-state index contributed by atoms with van der Waals surface area (Å²) in [5.74, 6) is 0.793. The lowest BCUT2D eigenvalue weighted by molar-refractivity contribution is -0.143. The molecule has 1 saturated carbocycles. The van der Waals surface area contributed by atoms with Gasteiger partial charge in [0.1, 0.15) is 17.9 Å². The summed E-state index contributed by atoms with van der Waals surface area (Å²) < 4.78 is 71.9. The minimum Gasteiger partial charge on any atom is -0.488 e. The number of hydrogen-bond donors (Lipinski definition) is 0. The van der Waals surface area contributed by atoms with E-state index in [0.717, 1.165) is 10.9 Å². The van der Waals surface area contributed by atoms with E-state index >= 15 is 0 Å². The molecule has 12 heteroatoms. The Morgan fingerprint density at radius 3 is 2.53 bits per heavy atom. The Labute approximate surface area is 179 Å². The van der Waals surface area contributed by atoms with E-state index in [0.29, 0.717) is 42.9 Å². The van der Waals surface area contributed by atoms with Crippen LogP contribution in [0.1, 0.15) is 18.5 Å². The van der Waals surface area contributed by atoms with Gasteiger partial charge in [0.2, 0.25) is 0 Å². The Hall–Kier alpha value is -3.05. The number of hydrogen-bond acceptors (Lipinski definition) is 6. The van der Waals surface area contributed by atoms with Gasteiger partial charge in [-0.2, -0.15) is 18.3 Å². The Kier molecular flexibility index (Phi) is 5.09. The Morgan fingerprint density at radius 1 is 1.09 bits per heavy atom. The van der Waals surface area contributed by atoms with Crippen molar-refractivity contribution in [2.75, 3.05) is 18.0 Å². The maximum Gasteiger partial charge on any atom is 0.437 e. The van der Waals surface area contributed by atoms with E-state index < -0.39 is 24.8 Å². The Bertz CT molecular complexity index is 1110. The molecule has 0 amide bonds. The van der Waals surface area contributed by atoms with Crippen LogP contribution < -0.4 is 9.64 Å². The van der Waals surface area contributed by atoms with Crippen LogP contribution in [0.25, 0.3) is 11.2 Å². The standard InChI is InChI=1S/C20H19F5N6O/c21-16(22)10-31-19-14(6-28-31)27-7-17(29-19)30-8-11-4-13(5-12(11)9-30)32-15-2-1-3-26-18(15)20(23,24)25/h1-3,6-7,11-13,16H,4-5,8-10H2. The molecule has 1 aliphatic heterocycles. The fourth-order valence-electron chi connectivity index (χ4n) is 4.66. The number of alkyl halides is 5. The number of ether oxygens (including phenoxy) is 1. The highest BCUT2D eigenvalue weighted by Gasteiger charge is 2.44. The molecule has 2 fully saturated rings. The Morgan fingerprint density at radius 2 is 1.84 bits per heavy atom. The van der Waals surface area contributed by atoms with E-state index in [1.807, 2.05) is 4.90 Å². The molecule has 0 spiro atoms. The third-order valence-corrected chi connectivity index (χ3v) is 6.01. The van der Waals surface area contributed by atoms with E-state index in [9.17, 15) is 22.0 Å². The van der Waals surface area contributed by atoms with Gasteiger partial charge in [0, 0.05) is 19.3 Å². The number of aromatic nitrogens is 5. The van der Waals surface area contributed by atoms with E-state index in [1.54, 1.807) is 6.20 Å². The van der Waals surface area contributed by atoms with Crippen LogP contribution in [-0.4, -0.2) is 50.4 Å². The smallest absolute Gasteiger partial charge is 0.437 e. The van der Waals surface area contributed by atoms with Gasteiger partial charge in [-0.1, -0.05) is 0 Å². The molecule has 5 rings (SSSR count). The van der Waals surface area contributed by atoms with Crippen LogP contribution in [0.4, 0.5) is 27.8 Å². The lowest BCUT2D eigenvalue weighted by atomic mass is 10.0. The molecule has 2 unspecified atom stereocenters. The van der Waals surface area contributed by atoms with Crippen LogP contribution >= 0.6 is 0 Å². The molecule has 170 valence electrons. The van der Waals surface area contributed by atoms with Crippen LogP contribution in [0.5, 0.6) is 5.75 Å². The highest BCUT2D eigenvalue weighted by Crippen LogP contribution is 2.42. The quantitative estimate of drug-likeness (QED) is 0.547. The van der Waals surface area contributed by atoms with Crippen LogP contribution in [0.3, 0.4) is 0 Å². The monoisotopic (exact) mass is 454 g/mol. The summed E-state index contributed by atoms with van der Waals surface area (Å²) in [4.78, 5) is 14.2. The summed E-state index contributed by atoms with van der Waals surface area (Å²) in [6, 6.07) is 2.72. The number of nitrogens with zero attached hydrogens (tertiary/aromatic N) is 6. The topological polar surface area (TPSA) is 69.0 Å². The van der Waals surface area contributed by atoms with Crippen molar-refractivity contribution in [1.29, 1.82) is 0 Å². The first-order chi connectivity index (χ1) is 15.3. The molecular weight excluding hydrogens is 435 g/mol. The summed E-state index contributed by atoms with van der Waals surface area (Å²) in [7, 11) is 0. The zero-order valence-corrected chi connectivity index (χ0v) is 16.7. The second-order valence-electron chi connectivity index (χ2n) is 8.14. The maximum absolute atomic E-state index is 13.2. The molecule has 3 aromatic heterocycles. The molecule has 32 heavy (non-hydrogen) atoms. The van der Waals surface area contributed by atoms with E-state index in [2.05, 4.69) is 20.1 Å². The third kappa shape index (κ3) is 3.93. The van der Waals surface area contributed by atoms with Gasteiger partial charge >= 0.3 is 6.18 Å². The zero-order chi connectivity index (χ0) is 22.5. The first-order valence-electron chi connectivity index (χ1n) is 10.2. The summed E-state index contributed by atoms with van der Waals surface area (Å²) in [5, 5.41) is 3.93. The number of anilines is 1. The van der Waals surface area contributed by atoms with Gasteiger partial charge in [-0.3, -0.25) is 0 Å².